The van der Waals surface area contributed by atoms with Crippen molar-refractivity contribution < 1.29 is 23.9 Å². The summed E-state index contributed by atoms with van der Waals surface area (Å²) in [5.41, 5.74) is 1.99. The predicted octanol–water partition coefficient (Wildman–Crippen LogP) is 5.27. The Morgan fingerprint density at radius 2 is 1.71 bits per heavy atom. The molecule has 1 atom stereocenters. The number of carboxylic acids is 1. The molecular weight excluding hydrogens is 494 g/mol. The molecule has 178 valence electrons. The van der Waals surface area contributed by atoms with Gasteiger partial charge in [-0.3, -0.25) is 14.5 Å². The number of benzene rings is 3. The number of carbonyl (C=O) groups is 3. The van der Waals surface area contributed by atoms with Gasteiger partial charge < -0.3 is 10.4 Å². The van der Waals surface area contributed by atoms with Gasteiger partial charge in [0, 0.05) is 12.1 Å². The molecule has 1 saturated carbocycles. The summed E-state index contributed by atoms with van der Waals surface area (Å²) in [5.74, 6) is -2.42. The van der Waals surface area contributed by atoms with Crippen molar-refractivity contribution in [3.63, 3.8) is 0 Å². The van der Waals surface area contributed by atoms with Crippen molar-refractivity contribution in [3.8, 4) is 0 Å². The summed E-state index contributed by atoms with van der Waals surface area (Å²) < 4.78 is 14.0. The van der Waals surface area contributed by atoms with Crippen molar-refractivity contribution in [2.24, 2.45) is 0 Å². The number of carboxylic acid groups (broad SMARTS) is 1. The minimum atomic E-state index is -1.24. The molecule has 2 N–H and O–H groups in total. The van der Waals surface area contributed by atoms with Crippen LogP contribution in [0.3, 0.4) is 0 Å². The van der Waals surface area contributed by atoms with Crippen LogP contribution in [0.5, 0.6) is 0 Å². The largest absolute Gasteiger partial charge is 0.480 e. The summed E-state index contributed by atoms with van der Waals surface area (Å²) in [6.07, 6.45) is 1.45. The number of amides is 2. The lowest BCUT2D eigenvalue weighted by atomic mass is 9.98. The summed E-state index contributed by atoms with van der Waals surface area (Å²) in [4.78, 5) is 39.2. The normalized spacial score (nSPS) is 16.2. The summed E-state index contributed by atoms with van der Waals surface area (Å²) in [6.45, 7) is 0. The van der Waals surface area contributed by atoms with Crippen molar-refractivity contribution in [1.82, 2.24) is 5.32 Å². The van der Waals surface area contributed by atoms with Gasteiger partial charge in [-0.25, -0.2) is 9.18 Å². The molecule has 35 heavy (non-hydrogen) atoms. The predicted molar refractivity (Wildman–Crippen MR) is 130 cm³/mol. The monoisotopic (exact) mass is 512 g/mol. The van der Waals surface area contributed by atoms with E-state index in [1.54, 1.807) is 36.4 Å². The number of anilines is 2. The van der Waals surface area contributed by atoms with Crippen molar-refractivity contribution in [2.45, 2.75) is 30.7 Å². The van der Waals surface area contributed by atoms with E-state index >= 15 is 0 Å². The highest BCUT2D eigenvalue weighted by Crippen LogP contribution is 2.59. The fraction of sp³-hybridized carbons (Fsp3) is 0.192. The Balaban J connectivity index is 1.36. The minimum absolute atomic E-state index is 0.00452. The molecule has 1 spiro atoms. The lowest BCUT2D eigenvalue weighted by Crippen LogP contribution is -2.42. The van der Waals surface area contributed by atoms with Crippen LogP contribution in [-0.2, 0) is 21.4 Å². The Bertz CT molecular complexity index is 1350. The molecule has 0 bridgehead atoms. The van der Waals surface area contributed by atoms with Crippen LogP contribution in [0.25, 0.3) is 0 Å². The molecule has 3 aromatic rings. The fourth-order valence-electron chi connectivity index (χ4n) is 4.56. The number of hydrogen-bond acceptors (Lipinski definition) is 3. The first kappa shape index (κ1) is 23.3. The zero-order valence-corrected chi connectivity index (χ0v) is 19.7. The summed E-state index contributed by atoms with van der Waals surface area (Å²) in [7, 11) is 0. The van der Waals surface area contributed by atoms with Gasteiger partial charge in [-0.05, 0) is 60.4 Å². The van der Waals surface area contributed by atoms with E-state index in [2.05, 4.69) is 5.32 Å². The molecular formula is C26H19Cl2FN2O4. The van der Waals surface area contributed by atoms with Gasteiger partial charge in [0.1, 0.15) is 11.9 Å². The third-order valence-electron chi connectivity index (χ3n) is 6.51. The Kier molecular flexibility index (Phi) is 5.77. The highest BCUT2D eigenvalue weighted by atomic mass is 35.5. The smallest absolute Gasteiger partial charge is 0.326 e. The molecule has 0 saturated heterocycles. The second-order valence-electron chi connectivity index (χ2n) is 8.72. The van der Waals surface area contributed by atoms with Crippen LogP contribution in [0.2, 0.25) is 10.0 Å². The lowest BCUT2D eigenvalue weighted by Gasteiger charge is -2.19. The van der Waals surface area contributed by atoms with Gasteiger partial charge >= 0.3 is 5.97 Å². The average Bonchev–Trinajstić information content (AvgIpc) is 3.57. The van der Waals surface area contributed by atoms with Crippen LogP contribution in [0.15, 0.2) is 60.7 Å². The standard InChI is InChI=1S/C26H19Cl2FN2O4/c27-18-2-1-3-19(28)22(18)23(32)30-20(24(33)34)12-14-4-7-16(8-5-14)31-21-13-15(29)6-9-17(21)26(10-11-26)25(31)35/h1-9,13,20H,10-12H2,(H,30,32)(H,33,34). The van der Waals surface area contributed by atoms with E-state index in [1.165, 1.54) is 29.2 Å². The number of halogens is 3. The number of hydrogen-bond donors (Lipinski definition) is 2. The van der Waals surface area contributed by atoms with Crippen molar-refractivity contribution in [3.05, 3.63) is 93.2 Å². The molecule has 2 amide bonds. The van der Waals surface area contributed by atoms with E-state index in [0.29, 0.717) is 16.9 Å². The van der Waals surface area contributed by atoms with Gasteiger partial charge in [0.05, 0.1) is 26.7 Å². The Morgan fingerprint density at radius 3 is 2.31 bits per heavy atom. The number of fused-ring (bicyclic) bond motifs is 2. The second-order valence-corrected chi connectivity index (χ2v) is 9.53. The minimum Gasteiger partial charge on any atom is -0.480 e. The molecule has 1 aliphatic carbocycles. The molecule has 0 radical (unpaired) electrons. The molecule has 1 fully saturated rings. The average molecular weight is 513 g/mol. The Hall–Kier alpha value is -3.42. The van der Waals surface area contributed by atoms with Gasteiger partial charge in [0.25, 0.3) is 5.91 Å². The van der Waals surface area contributed by atoms with E-state index in [4.69, 9.17) is 23.2 Å². The summed E-state index contributed by atoms with van der Waals surface area (Å²) >= 11 is 12.1. The van der Waals surface area contributed by atoms with Crippen LogP contribution in [0, 0.1) is 5.82 Å². The SMILES string of the molecule is O=C(NC(Cc1ccc(N2C(=O)C3(CC3)c3ccc(F)cc32)cc1)C(=O)O)c1c(Cl)cccc1Cl. The quantitative estimate of drug-likeness (QED) is 0.471. The molecule has 9 heteroatoms. The van der Waals surface area contributed by atoms with Crippen LogP contribution >= 0.6 is 23.2 Å². The maximum atomic E-state index is 14.0. The molecule has 6 nitrogen and oxygen atoms in total. The highest BCUT2D eigenvalue weighted by molar-refractivity contribution is 6.39. The molecule has 0 aromatic heterocycles. The van der Waals surface area contributed by atoms with E-state index in [1.807, 2.05) is 0 Å². The fourth-order valence-corrected chi connectivity index (χ4v) is 5.13. The van der Waals surface area contributed by atoms with Gasteiger partial charge in [-0.1, -0.05) is 47.5 Å². The number of aliphatic carboxylic acids is 1. The highest BCUT2D eigenvalue weighted by Gasteiger charge is 2.59. The van der Waals surface area contributed by atoms with Gasteiger partial charge in [-0.15, -0.1) is 0 Å². The molecule has 1 aliphatic heterocycles. The molecule has 1 heterocycles. The van der Waals surface area contributed by atoms with Crippen LogP contribution < -0.4 is 10.2 Å². The number of nitrogens with zero attached hydrogens (tertiary/aromatic N) is 1. The lowest BCUT2D eigenvalue weighted by molar-refractivity contribution is -0.139. The van der Waals surface area contributed by atoms with Crippen molar-refractivity contribution >= 4 is 52.4 Å². The molecule has 3 aromatic carbocycles. The van der Waals surface area contributed by atoms with Gasteiger partial charge in [0.15, 0.2) is 0 Å². The van der Waals surface area contributed by atoms with Gasteiger partial charge in [0.2, 0.25) is 5.91 Å². The van der Waals surface area contributed by atoms with Crippen molar-refractivity contribution in [1.29, 1.82) is 0 Å². The van der Waals surface area contributed by atoms with E-state index in [-0.39, 0.29) is 27.9 Å². The van der Waals surface area contributed by atoms with Crippen LogP contribution in [0.1, 0.15) is 34.3 Å². The van der Waals surface area contributed by atoms with Gasteiger partial charge in [-0.2, -0.15) is 0 Å². The van der Waals surface area contributed by atoms with Crippen LogP contribution in [0.4, 0.5) is 15.8 Å². The first-order chi connectivity index (χ1) is 16.7. The maximum Gasteiger partial charge on any atom is 0.326 e. The van der Waals surface area contributed by atoms with Crippen molar-refractivity contribution in [2.75, 3.05) is 4.90 Å². The van der Waals surface area contributed by atoms with E-state index in [0.717, 1.165) is 18.4 Å². The van der Waals surface area contributed by atoms with E-state index in [9.17, 15) is 23.9 Å². The molecule has 5 rings (SSSR count). The Labute approximate surface area is 210 Å². The third-order valence-corrected chi connectivity index (χ3v) is 7.14. The van der Waals surface area contributed by atoms with Crippen LogP contribution in [-0.4, -0.2) is 28.9 Å². The first-order valence-corrected chi connectivity index (χ1v) is 11.7. The van der Waals surface area contributed by atoms with E-state index < -0.39 is 29.2 Å². The molecule has 1 unspecified atom stereocenters. The maximum absolute atomic E-state index is 14.0. The zero-order chi connectivity index (χ0) is 24.9. The topological polar surface area (TPSA) is 86.7 Å². The number of rotatable bonds is 6. The third kappa shape index (κ3) is 4.05. The zero-order valence-electron chi connectivity index (χ0n) is 18.2. The second kappa shape index (κ2) is 8.66. The number of carbonyl (C=O) groups excluding carboxylic acids is 2. The molecule has 2 aliphatic rings. The summed E-state index contributed by atoms with van der Waals surface area (Å²) in [6, 6.07) is 14.5. The Morgan fingerprint density at radius 1 is 1.06 bits per heavy atom. The number of nitrogens with one attached hydrogen (secondary N) is 1. The summed E-state index contributed by atoms with van der Waals surface area (Å²) in [5, 5.41) is 12.4. The first-order valence-electron chi connectivity index (χ1n) is 10.9.